The second-order valence-corrected chi connectivity index (χ2v) is 7.19. The summed E-state index contributed by atoms with van der Waals surface area (Å²) in [6.45, 7) is 0. The number of anilines is 1. The maximum absolute atomic E-state index is 12.7. The van der Waals surface area contributed by atoms with Crippen molar-refractivity contribution >= 4 is 35.1 Å². The quantitative estimate of drug-likeness (QED) is 0.375. The van der Waals surface area contributed by atoms with Crippen molar-refractivity contribution in [2.24, 2.45) is 0 Å². The first-order valence-electron chi connectivity index (χ1n) is 9.03. The van der Waals surface area contributed by atoms with Gasteiger partial charge in [0, 0.05) is 17.2 Å². The second kappa shape index (κ2) is 9.77. The van der Waals surface area contributed by atoms with Crippen LogP contribution >= 0.6 is 11.8 Å². The molecule has 2 aromatic rings. The van der Waals surface area contributed by atoms with E-state index in [1.807, 2.05) is 0 Å². The highest BCUT2D eigenvalue weighted by Gasteiger charge is 2.29. The number of para-hydroxylation sites is 2. The number of nitro benzene ring substituents is 1. The summed E-state index contributed by atoms with van der Waals surface area (Å²) in [6, 6.07) is 13.4. The van der Waals surface area contributed by atoms with Gasteiger partial charge in [-0.3, -0.25) is 10.1 Å². The van der Waals surface area contributed by atoms with Gasteiger partial charge in [-0.15, -0.1) is 0 Å². The van der Waals surface area contributed by atoms with Crippen LogP contribution in [0, 0.1) is 10.1 Å². The van der Waals surface area contributed by atoms with Crippen molar-refractivity contribution in [2.45, 2.75) is 9.79 Å². The molecule has 1 aliphatic rings. The molecule has 0 spiro atoms. The van der Waals surface area contributed by atoms with Gasteiger partial charge < -0.3 is 14.4 Å². The Labute approximate surface area is 182 Å². The number of methoxy groups -OCH3 is 2. The second-order valence-electron chi connectivity index (χ2n) is 6.11. The van der Waals surface area contributed by atoms with Gasteiger partial charge in [0.1, 0.15) is 5.70 Å². The lowest BCUT2D eigenvalue weighted by Crippen LogP contribution is -2.27. The van der Waals surface area contributed by atoms with Crippen LogP contribution in [0.1, 0.15) is 0 Å². The molecule has 0 radical (unpaired) electrons. The van der Waals surface area contributed by atoms with Gasteiger partial charge in [-0.1, -0.05) is 42.1 Å². The Hall–Kier alpha value is -3.85. The highest BCUT2D eigenvalue weighted by atomic mass is 32.2. The van der Waals surface area contributed by atoms with E-state index in [0.29, 0.717) is 15.5 Å². The number of nitrogens with zero attached hydrogens (tertiary/aromatic N) is 2. The first-order valence-corrected chi connectivity index (χ1v) is 9.85. The number of hydrogen-bond acceptors (Lipinski definition) is 8. The SMILES string of the molecule is COC(=O)C1=C(C(=O)OC)N(c2ccccc2Sc2ccccc2[N+](=O)[O-])C=CC=C1. The molecule has 0 atom stereocenters. The molecule has 0 bridgehead atoms. The number of esters is 2. The van der Waals surface area contributed by atoms with Crippen molar-refractivity contribution in [1.82, 2.24) is 0 Å². The number of nitro groups is 1. The molecule has 8 nitrogen and oxygen atoms in total. The third-order valence-corrected chi connectivity index (χ3v) is 5.43. The Kier molecular flexibility index (Phi) is 6.88. The van der Waals surface area contributed by atoms with Gasteiger partial charge in [-0.25, -0.2) is 9.59 Å². The molecule has 0 fully saturated rings. The van der Waals surface area contributed by atoms with E-state index < -0.39 is 16.9 Å². The minimum absolute atomic E-state index is 0.0184. The summed E-state index contributed by atoms with van der Waals surface area (Å²) in [4.78, 5) is 38.6. The molecule has 0 unspecified atom stereocenters. The van der Waals surface area contributed by atoms with Crippen LogP contribution in [-0.4, -0.2) is 31.1 Å². The first kappa shape index (κ1) is 21.8. The van der Waals surface area contributed by atoms with E-state index in [1.165, 1.54) is 43.0 Å². The van der Waals surface area contributed by atoms with Crippen LogP contribution in [0.2, 0.25) is 0 Å². The molecule has 2 aromatic carbocycles. The zero-order valence-electron chi connectivity index (χ0n) is 16.7. The predicted molar refractivity (Wildman–Crippen MR) is 115 cm³/mol. The lowest BCUT2D eigenvalue weighted by Gasteiger charge is -2.25. The van der Waals surface area contributed by atoms with E-state index in [-0.39, 0.29) is 17.0 Å². The number of carbonyl (C=O) groups excluding carboxylic acids is 2. The molecular formula is C22H18N2O6S. The van der Waals surface area contributed by atoms with Crippen molar-refractivity contribution in [3.05, 3.63) is 94.3 Å². The Bertz CT molecular complexity index is 1120. The normalized spacial score (nSPS) is 13.0. The van der Waals surface area contributed by atoms with Crippen LogP contribution in [0.25, 0.3) is 0 Å². The van der Waals surface area contributed by atoms with Gasteiger partial charge in [-0.2, -0.15) is 0 Å². The molecule has 0 N–H and O–H groups in total. The van der Waals surface area contributed by atoms with Crippen molar-refractivity contribution in [3.8, 4) is 0 Å². The zero-order valence-corrected chi connectivity index (χ0v) is 17.5. The molecule has 0 amide bonds. The predicted octanol–water partition coefficient (Wildman–Crippen LogP) is 4.24. The minimum atomic E-state index is -0.734. The fourth-order valence-corrected chi connectivity index (χ4v) is 3.95. The number of carbonyl (C=O) groups is 2. The average Bonchev–Trinajstić information content (AvgIpc) is 3.01. The summed E-state index contributed by atoms with van der Waals surface area (Å²) >= 11 is 1.18. The average molecular weight is 438 g/mol. The van der Waals surface area contributed by atoms with Gasteiger partial charge in [0.2, 0.25) is 0 Å². The Morgan fingerprint density at radius 3 is 2.26 bits per heavy atom. The third-order valence-electron chi connectivity index (χ3n) is 4.30. The highest BCUT2D eigenvalue weighted by molar-refractivity contribution is 7.99. The standard InChI is InChI=1S/C22H18N2O6S/c1-29-21(25)15-9-7-8-14-23(20(15)22(26)30-2)16-10-3-5-12-18(16)31-19-13-6-4-11-17(19)24(27)28/h3-14H,1-2H3. The highest BCUT2D eigenvalue weighted by Crippen LogP contribution is 2.41. The Morgan fingerprint density at radius 2 is 1.58 bits per heavy atom. The topological polar surface area (TPSA) is 99.0 Å². The number of hydrogen-bond donors (Lipinski definition) is 0. The fraction of sp³-hybridized carbons (Fsp3) is 0.0909. The van der Waals surface area contributed by atoms with Gasteiger partial charge in [0.05, 0.1) is 35.3 Å². The summed E-state index contributed by atoms with van der Waals surface area (Å²) in [7, 11) is 2.44. The monoisotopic (exact) mass is 438 g/mol. The van der Waals surface area contributed by atoms with E-state index in [0.717, 1.165) is 0 Å². The smallest absolute Gasteiger partial charge is 0.355 e. The van der Waals surface area contributed by atoms with Crippen molar-refractivity contribution < 1.29 is 24.0 Å². The van der Waals surface area contributed by atoms with Crippen LogP contribution in [0.3, 0.4) is 0 Å². The van der Waals surface area contributed by atoms with E-state index in [2.05, 4.69) is 0 Å². The fourth-order valence-electron chi connectivity index (χ4n) is 2.91. The molecule has 31 heavy (non-hydrogen) atoms. The summed E-state index contributed by atoms with van der Waals surface area (Å²) < 4.78 is 9.75. The van der Waals surface area contributed by atoms with Gasteiger partial charge in [0.25, 0.3) is 5.69 Å². The molecular weight excluding hydrogens is 420 g/mol. The summed E-state index contributed by atoms with van der Waals surface area (Å²) in [5.74, 6) is -1.43. The molecule has 3 rings (SSSR count). The van der Waals surface area contributed by atoms with Gasteiger partial charge in [0.15, 0.2) is 0 Å². The number of benzene rings is 2. The summed E-state index contributed by atoms with van der Waals surface area (Å²) in [6.07, 6.45) is 6.34. The van der Waals surface area contributed by atoms with E-state index >= 15 is 0 Å². The summed E-state index contributed by atoms with van der Waals surface area (Å²) in [5, 5.41) is 11.4. The van der Waals surface area contributed by atoms with Gasteiger partial charge >= 0.3 is 11.9 Å². The molecule has 1 aliphatic heterocycles. The van der Waals surface area contributed by atoms with Gasteiger partial charge in [-0.05, 0) is 30.4 Å². The van der Waals surface area contributed by atoms with Crippen LogP contribution in [-0.2, 0) is 19.1 Å². The Balaban J connectivity index is 2.15. The van der Waals surface area contributed by atoms with Crippen molar-refractivity contribution in [3.63, 3.8) is 0 Å². The first-order chi connectivity index (χ1) is 15.0. The molecule has 158 valence electrons. The van der Waals surface area contributed by atoms with Crippen molar-refractivity contribution in [1.29, 1.82) is 0 Å². The number of rotatable bonds is 6. The van der Waals surface area contributed by atoms with Crippen LogP contribution in [0.5, 0.6) is 0 Å². The molecule has 0 aliphatic carbocycles. The third kappa shape index (κ3) is 4.67. The maximum Gasteiger partial charge on any atom is 0.355 e. The van der Waals surface area contributed by atoms with Crippen LogP contribution in [0.4, 0.5) is 11.4 Å². The maximum atomic E-state index is 12.7. The van der Waals surface area contributed by atoms with Crippen molar-refractivity contribution in [2.75, 3.05) is 19.1 Å². The minimum Gasteiger partial charge on any atom is -0.465 e. The van der Waals surface area contributed by atoms with Crippen LogP contribution in [0.15, 0.2) is 94.0 Å². The largest absolute Gasteiger partial charge is 0.465 e. The molecule has 1 heterocycles. The number of allylic oxidation sites excluding steroid dienone is 2. The van der Waals surface area contributed by atoms with E-state index in [4.69, 9.17) is 9.47 Å². The summed E-state index contributed by atoms with van der Waals surface area (Å²) in [5.41, 5.74) is 0.488. The van der Waals surface area contributed by atoms with E-state index in [9.17, 15) is 19.7 Å². The molecule has 0 aromatic heterocycles. The molecule has 0 saturated heterocycles. The number of ether oxygens (including phenoxy) is 2. The lowest BCUT2D eigenvalue weighted by molar-refractivity contribution is -0.387. The van der Waals surface area contributed by atoms with E-state index in [1.54, 1.807) is 60.8 Å². The lowest BCUT2D eigenvalue weighted by atomic mass is 10.1. The molecule has 9 heteroatoms. The molecule has 0 saturated carbocycles. The Morgan fingerprint density at radius 1 is 0.935 bits per heavy atom. The zero-order chi connectivity index (χ0) is 22.4. The van der Waals surface area contributed by atoms with Crippen LogP contribution < -0.4 is 4.90 Å².